The number of nitrogens with zero attached hydrogens (tertiary/aromatic N) is 2. The van der Waals surface area contributed by atoms with E-state index >= 15 is 0 Å². The molecule has 1 aromatic rings. The lowest BCUT2D eigenvalue weighted by Gasteiger charge is -2.20. The molecule has 0 fully saturated rings. The van der Waals surface area contributed by atoms with Gasteiger partial charge in [-0.25, -0.2) is 0 Å². The number of aromatic nitrogens is 2. The van der Waals surface area contributed by atoms with Crippen molar-refractivity contribution in [2.45, 2.75) is 52.7 Å². The van der Waals surface area contributed by atoms with Gasteiger partial charge in [-0.05, 0) is 26.7 Å². The summed E-state index contributed by atoms with van der Waals surface area (Å²) in [5.41, 5.74) is 5.51. The Bertz CT molecular complexity index is 349. The fourth-order valence-electron chi connectivity index (χ4n) is 1.54. The zero-order valence-corrected chi connectivity index (χ0v) is 11.4. The lowest BCUT2D eigenvalue weighted by molar-refractivity contribution is -0.0221. The molecule has 1 rings (SSSR count). The molecule has 5 nitrogen and oxygen atoms in total. The molecule has 1 unspecified atom stereocenters. The van der Waals surface area contributed by atoms with Gasteiger partial charge < -0.3 is 15.0 Å². The Labute approximate surface area is 103 Å². The first-order valence-corrected chi connectivity index (χ1v) is 6.16. The molecule has 0 aromatic carbocycles. The van der Waals surface area contributed by atoms with E-state index in [4.69, 9.17) is 15.0 Å². The average Bonchev–Trinajstić information content (AvgIpc) is 2.76. The summed E-state index contributed by atoms with van der Waals surface area (Å²) in [6.07, 6.45) is 0.980. The molecular weight excluding hydrogens is 218 g/mol. The maximum absolute atomic E-state index is 6.04. The summed E-state index contributed by atoms with van der Waals surface area (Å²) in [6.45, 7) is 10.5. The summed E-state index contributed by atoms with van der Waals surface area (Å²) >= 11 is 0. The molecule has 0 aliphatic rings. The van der Waals surface area contributed by atoms with E-state index in [9.17, 15) is 0 Å². The second kappa shape index (κ2) is 5.60. The van der Waals surface area contributed by atoms with Crippen LogP contribution in [-0.4, -0.2) is 16.7 Å². The first kappa shape index (κ1) is 14.1. The highest BCUT2D eigenvalue weighted by atomic mass is 16.5. The summed E-state index contributed by atoms with van der Waals surface area (Å²) in [4.78, 5) is 4.34. The third kappa shape index (κ3) is 3.26. The molecule has 2 N–H and O–H groups in total. The Morgan fingerprint density at radius 3 is 2.59 bits per heavy atom. The smallest absolute Gasteiger partial charge is 0.243 e. The Hall–Kier alpha value is -0.940. The Balaban J connectivity index is 2.84. The summed E-state index contributed by atoms with van der Waals surface area (Å²) < 4.78 is 10.8. The lowest BCUT2D eigenvalue weighted by atomic mass is 10.0. The van der Waals surface area contributed by atoms with Gasteiger partial charge in [0.25, 0.3) is 0 Å². The molecule has 0 amide bonds. The van der Waals surface area contributed by atoms with Crippen LogP contribution in [0.15, 0.2) is 4.52 Å². The molecule has 2 atom stereocenters. The Morgan fingerprint density at radius 1 is 1.41 bits per heavy atom. The van der Waals surface area contributed by atoms with Gasteiger partial charge in [-0.2, -0.15) is 4.98 Å². The number of hydrogen-bond donors (Lipinski definition) is 1. The monoisotopic (exact) mass is 241 g/mol. The van der Waals surface area contributed by atoms with Crippen molar-refractivity contribution in [3.63, 3.8) is 0 Å². The number of rotatable bonds is 6. The zero-order chi connectivity index (χ0) is 13.1. The highest BCUT2D eigenvalue weighted by Crippen LogP contribution is 2.25. The minimum absolute atomic E-state index is 0.210. The highest BCUT2D eigenvalue weighted by molar-refractivity contribution is 5.00. The molecule has 0 spiro atoms. The van der Waals surface area contributed by atoms with E-state index in [1.54, 1.807) is 0 Å². The third-order valence-corrected chi connectivity index (χ3v) is 3.03. The van der Waals surface area contributed by atoms with Crippen LogP contribution in [0.5, 0.6) is 0 Å². The quantitative estimate of drug-likeness (QED) is 0.827. The van der Waals surface area contributed by atoms with E-state index in [1.807, 2.05) is 20.8 Å². The van der Waals surface area contributed by atoms with Gasteiger partial charge in [-0.1, -0.05) is 25.4 Å². The first-order valence-electron chi connectivity index (χ1n) is 6.16. The van der Waals surface area contributed by atoms with E-state index in [2.05, 4.69) is 24.0 Å². The van der Waals surface area contributed by atoms with Gasteiger partial charge in [0, 0.05) is 6.61 Å². The second-order valence-electron chi connectivity index (χ2n) is 4.81. The maximum atomic E-state index is 6.04. The van der Waals surface area contributed by atoms with Crippen molar-refractivity contribution in [1.82, 2.24) is 10.1 Å². The molecule has 0 aliphatic carbocycles. The molecular formula is C12H23N3O2. The number of nitrogens with two attached hydrogens (primary N) is 1. The van der Waals surface area contributed by atoms with Gasteiger partial charge in [0.1, 0.15) is 5.60 Å². The van der Waals surface area contributed by atoms with Crippen molar-refractivity contribution < 1.29 is 9.26 Å². The summed E-state index contributed by atoms with van der Waals surface area (Å²) in [5, 5.41) is 3.95. The van der Waals surface area contributed by atoms with Gasteiger partial charge in [0.05, 0.1) is 6.04 Å². The van der Waals surface area contributed by atoms with Crippen molar-refractivity contribution >= 4 is 0 Å². The van der Waals surface area contributed by atoms with Crippen LogP contribution < -0.4 is 5.73 Å². The lowest BCUT2D eigenvalue weighted by Crippen LogP contribution is -2.24. The molecule has 0 bridgehead atoms. The SMILES string of the molecule is CCOC(C)(C)c1noc([C@@H](N)C(C)CC)n1. The van der Waals surface area contributed by atoms with E-state index in [0.717, 1.165) is 6.42 Å². The van der Waals surface area contributed by atoms with Gasteiger partial charge in [-0.15, -0.1) is 0 Å². The van der Waals surface area contributed by atoms with Crippen molar-refractivity contribution in [3.05, 3.63) is 11.7 Å². The van der Waals surface area contributed by atoms with Crippen LogP contribution in [0.1, 0.15) is 58.8 Å². The van der Waals surface area contributed by atoms with E-state index in [0.29, 0.717) is 24.2 Å². The Morgan fingerprint density at radius 2 is 2.06 bits per heavy atom. The van der Waals surface area contributed by atoms with Gasteiger partial charge >= 0.3 is 0 Å². The van der Waals surface area contributed by atoms with E-state index in [1.165, 1.54) is 0 Å². The fourth-order valence-corrected chi connectivity index (χ4v) is 1.54. The molecule has 17 heavy (non-hydrogen) atoms. The van der Waals surface area contributed by atoms with Gasteiger partial charge in [0.15, 0.2) is 0 Å². The number of ether oxygens (including phenoxy) is 1. The summed E-state index contributed by atoms with van der Waals surface area (Å²) in [7, 11) is 0. The number of hydrogen-bond acceptors (Lipinski definition) is 5. The fraction of sp³-hybridized carbons (Fsp3) is 0.833. The maximum Gasteiger partial charge on any atom is 0.243 e. The van der Waals surface area contributed by atoms with Gasteiger partial charge in [0.2, 0.25) is 11.7 Å². The van der Waals surface area contributed by atoms with Crippen molar-refractivity contribution in [1.29, 1.82) is 0 Å². The predicted molar refractivity (Wildman–Crippen MR) is 65.3 cm³/mol. The minimum Gasteiger partial charge on any atom is -0.368 e. The largest absolute Gasteiger partial charge is 0.368 e. The topological polar surface area (TPSA) is 74.2 Å². The van der Waals surface area contributed by atoms with Crippen LogP contribution in [-0.2, 0) is 10.3 Å². The molecule has 5 heteroatoms. The summed E-state index contributed by atoms with van der Waals surface area (Å²) in [6, 6.07) is -0.210. The molecule has 1 heterocycles. The predicted octanol–water partition coefficient (Wildman–Crippen LogP) is 2.39. The van der Waals surface area contributed by atoms with Crippen LogP contribution in [0.3, 0.4) is 0 Å². The normalized spacial score (nSPS) is 15.9. The van der Waals surface area contributed by atoms with Crippen molar-refractivity contribution in [3.8, 4) is 0 Å². The minimum atomic E-state index is -0.536. The molecule has 1 aromatic heterocycles. The molecule has 0 aliphatic heterocycles. The average molecular weight is 241 g/mol. The zero-order valence-electron chi connectivity index (χ0n) is 11.4. The van der Waals surface area contributed by atoms with Crippen LogP contribution in [0.2, 0.25) is 0 Å². The van der Waals surface area contributed by atoms with E-state index in [-0.39, 0.29) is 6.04 Å². The third-order valence-electron chi connectivity index (χ3n) is 3.03. The first-order chi connectivity index (χ1) is 7.92. The molecule has 98 valence electrons. The second-order valence-corrected chi connectivity index (χ2v) is 4.81. The standard InChI is InChI=1S/C12H23N3O2/c1-6-8(3)9(13)10-14-11(15-17-10)12(4,5)16-7-2/h8-9H,6-7,13H2,1-5H3/t8?,9-/m0/s1. The van der Waals surface area contributed by atoms with Crippen LogP contribution in [0.4, 0.5) is 0 Å². The van der Waals surface area contributed by atoms with E-state index < -0.39 is 5.60 Å². The summed E-state index contributed by atoms with van der Waals surface area (Å²) in [5.74, 6) is 1.36. The van der Waals surface area contributed by atoms with Crippen LogP contribution >= 0.6 is 0 Å². The van der Waals surface area contributed by atoms with Crippen LogP contribution in [0, 0.1) is 5.92 Å². The van der Waals surface area contributed by atoms with Crippen molar-refractivity contribution in [2.75, 3.05) is 6.61 Å². The molecule has 0 saturated heterocycles. The van der Waals surface area contributed by atoms with Crippen molar-refractivity contribution in [2.24, 2.45) is 11.7 Å². The molecule has 0 saturated carbocycles. The van der Waals surface area contributed by atoms with Gasteiger partial charge in [-0.3, -0.25) is 0 Å². The molecule has 0 radical (unpaired) electrons. The Kier molecular flexibility index (Phi) is 4.65. The highest BCUT2D eigenvalue weighted by Gasteiger charge is 2.29. The van der Waals surface area contributed by atoms with Crippen LogP contribution in [0.25, 0.3) is 0 Å².